The van der Waals surface area contributed by atoms with Crippen molar-refractivity contribution >= 4 is 39.0 Å². The smallest absolute Gasteiger partial charge is 0.337 e. The number of carboxylic acid groups (broad SMARTS) is 1. The van der Waals surface area contributed by atoms with Crippen molar-refractivity contribution < 1.29 is 14.3 Å². The summed E-state index contributed by atoms with van der Waals surface area (Å²) in [5.41, 5.74) is 1.49. The van der Waals surface area contributed by atoms with Gasteiger partial charge in [0.15, 0.2) is 0 Å². The molecule has 0 aliphatic rings. The highest BCUT2D eigenvalue weighted by Crippen LogP contribution is 2.33. The van der Waals surface area contributed by atoms with Crippen molar-refractivity contribution in [3.63, 3.8) is 0 Å². The molecule has 23 heavy (non-hydrogen) atoms. The first-order chi connectivity index (χ1) is 11.1. The van der Waals surface area contributed by atoms with Crippen LogP contribution in [0, 0.1) is 12.7 Å². The highest BCUT2D eigenvalue weighted by molar-refractivity contribution is 7.14. The van der Waals surface area contributed by atoms with Gasteiger partial charge >= 0.3 is 5.97 Å². The number of aryl methyl sites for hydroxylation is 1. The van der Waals surface area contributed by atoms with Crippen LogP contribution in [0.4, 0.5) is 15.8 Å². The van der Waals surface area contributed by atoms with Crippen LogP contribution in [-0.4, -0.2) is 15.4 Å². The molecule has 2 aromatic carbocycles. The molecule has 3 aromatic rings. The van der Waals surface area contributed by atoms with Gasteiger partial charge in [-0.15, -0.1) is 0 Å². The third kappa shape index (κ3) is 3.48. The normalized spacial score (nSPS) is 10.1. The first-order valence-corrected chi connectivity index (χ1v) is 7.97. The first-order valence-electron chi connectivity index (χ1n) is 7.20. The molecule has 0 saturated heterocycles. The molecule has 0 amide bonds. The van der Waals surface area contributed by atoms with E-state index in [1.807, 2.05) is 13.8 Å². The second-order valence-corrected chi connectivity index (χ2v) is 5.45. The number of carbonyl (C=O) groups is 1. The number of nitrogens with one attached hydrogen (secondary N) is 1. The van der Waals surface area contributed by atoms with Gasteiger partial charge in [-0.2, -0.15) is 4.37 Å². The molecule has 0 radical (unpaired) electrons. The molecule has 1 heterocycles. The molecular formula is C17H17FN2O2S. The predicted octanol–water partition coefficient (Wildman–Crippen LogP) is 5.21. The van der Waals surface area contributed by atoms with Crippen molar-refractivity contribution in [2.45, 2.75) is 20.8 Å². The lowest BCUT2D eigenvalue weighted by Gasteiger charge is -2.11. The van der Waals surface area contributed by atoms with Crippen LogP contribution in [0.1, 0.15) is 29.8 Å². The van der Waals surface area contributed by atoms with Crippen molar-refractivity contribution in [2.24, 2.45) is 0 Å². The number of rotatable bonds is 3. The number of halogens is 1. The van der Waals surface area contributed by atoms with E-state index in [1.165, 1.54) is 23.7 Å². The molecule has 120 valence electrons. The van der Waals surface area contributed by atoms with Gasteiger partial charge in [-0.05, 0) is 42.2 Å². The zero-order valence-electron chi connectivity index (χ0n) is 13.1. The molecule has 6 heteroatoms. The van der Waals surface area contributed by atoms with Crippen molar-refractivity contribution in [3.05, 3.63) is 53.5 Å². The quantitative estimate of drug-likeness (QED) is 0.691. The number of carboxylic acids is 1. The molecule has 2 N–H and O–H groups in total. The van der Waals surface area contributed by atoms with Crippen LogP contribution in [0.25, 0.3) is 10.1 Å². The molecule has 0 aliphatic heterocycles. The van der Waals surface area contributed by atoms with E-state index in [0.29, 0.717) is 10.4 Å². The summed E-state index contributed by atoms with van der Waals surface area (Å²) in [6.07, 6.45) is 1.66. The Morgan fingerprint density at radius 3 is 2.65 bits per heavy atom. The largest absolute Gasteiger partial charge is 0.478 e. The fourth-order valence-corrected chi connectivity index (χ4v) is 2.84. The van der Waals surface area contributed by atoms with E-state index >= 15 is 0 Å². The zero-order chi connectivity index (χ0) is 17.0. The van der Waals surface area contributed by atoms with Crippen LogP contribution in [0.2, 0.25) is 0 Å². The molecule has 0 spiro atoms. The third-order valence-corrected chi connectivity index (χ3v) is 3.97. The minimum Gasteiger partial charge on any atom is -0.478 e. The van der Waals surface area contributed by atoms with Crippen LogP contribution < -0.4 is 5.32 Å². The Morgan fingerprint density at radius 1 is 1.26 bits per heavy atom. The summed E-state index contributed by atoms with van der Waals surface area (Å²) in [6.45, 7) is 5.79. The fraction of sp³-hybridized carbons (Fsp3) is 0.176. The molecule has 3 rings (SSSR count). The summed E-state index contributed by atoms with van der Waals surface area (Å²) in [5, 5.41) is 13.0. The zero-order valence-corrected chi connectivity index (χ0v) is 13.9. The Morgan fingerprint density at radius 2 is 2.00 bits per heavy atom. The maximum atomic E-state index is 14.0. The van der Waals surface area contributed by atoms with Crippen molar-refractivity contribution in [1.82, 2.24) is 4.37 Å². The average molecular weight is 332 g/mol. The van der Waals surface area contributed by atoms with E-state index in [4.69, 9.17) is 0 Å². The standard InChI is InChI=1S/C15H11FN2O2S.C2H6/c1-8-2-5-12(11(16)6-8)18-13-10(15(19)20)4-3-9-7-17-21-14(9)13;1-2/h2-7,18H,1H3,(H,19,20);1-2H3. The lowest BCUT2D eigenvalue weighted by molar-refractivity contribution is 0.0698. The van der Waals surface area contributed by atoms with Gasteiger partial charge in [-0.25, -0.2) is 9.18 Å². The number of anilines is 2. The molecule has 0 saturated carbocycles. The third-order valence-electron chi connectivity index (χ3n) is 3.14. The number of nitrogens with zero attached hydrogens (tertiary/aromatic N) is 1. The van der Waals surface area contributed by atoms with Crippen LogP contribution in [0.3, 0.4) is 0 Å². The lowest BCUT2D eigenvalue weighted by atomic mass is 10.1. The van der Waals surface area contributed by atoms with Gasteiger partial charge in [0.25, 0.3) is 0 Å². The Hall–Kier alpha value is -2.47. The van der Waals surface area contributed by atoms with E-state index in [1.54, 1.807) is 31.3 Å². The van der Waals surface area contributed by atoms with E-state index in [9.17, 15) is 14.3 Å². The Balaban J connectivity index is 0.000000924. The number of aromatic nitrogens is 1. The van der Waals surface area contributed by atoms with Crippen LogP contribution in [0.15, 0.2) is 36.5 Å². The topological polar surface area (TPSA) is 62.2 Å². The van der Waals surface area contributed by atoms with Gasteiger partial charge in [-0.1, -0.05) is 26.0 Å². The van der Waals surface area contributed by atoms with E-state index in [-0.39, 0.29) is 11.3 Å². The number of hydrogen-bond donors (Lipinski definition) is 2. The average Bonchev–Trinajstić information content (AvgIpc) is 3.00. The highest BCUT2D eigenvalue weighted by Gasteiger charge is 2.16. The van der Waals surface area contributed by atoms with Crippen molar-refractivity contribution in [1.29, 1.82) is 0 Å². The molecular weight excluding hydrogens is 315 g/mol. The minimum absolute atomic E-state index is 0.0896. The molecule has 0 fully saturated rings. The molecule has 0 bridgehead atoms. The molecule has 0 atom stereocenters. The predicted molar refractivity (Wildman–Crippen MR) is 92.3 cm³/mol. The summed E-state index contributed by atoms with van der Waals surface area (Å²) in [6, 6.07) is 7.94. The Labute approximate surface area is 137 Å². The second-order valence-electron chi connectivity index (χ2n) is 4.65. The van der Waals surface area contributed by atoms with Gasteiger partial charge < -0.3 is 10.4 Å². The summed E-state index contributed by atoms with van der Waals surface area (Å²) >= 11 is 1.18. The van der Waals surface area contributed by atoms with E-state index in [0.717, 1.165) is 10.9 Å². The molecule has 4 nitrogen and oxygen atoms in total. The first kappa shape index (κ1) is 16.9. The SMILES string of the molecule is CC.Cc1ccc(Nc2c(C(=O)O)ccc3cnsc23)c(F)c1. The summed E-state index contributed by atoms with van der Waals surface area (Å²) in [4.78, 5) is 11.4. The van der Waals surface area contributed by atoms with Crippen molar-refractivity contribution in [2.75, 3.05) is 5.32 Å². The summed E-state index contributed by atoms with van der Waals surface area (Å²) < 4.78 is 18.7. The summed E-state index contributed by atoms with van der Waals surface area (Å²) in [7, 11) is 0. The summed E-state index contributed by atoms with van der Waals surface area (Å²) in [5.74, 6) is -1.49. The number of hydrogen-bond acceptors (Lipinski definition) is 4. The lowest BCUT2D eigenvalue weighted by Crippen LogP contribution is -2.03. The van der Waals surface area contributed by atoms with E-state index < -0.39 is 11.8 Å². The Kier molecular flexibility index (Phi) is 5.28. The van der Waals surface area contributed by atoms with Gasteiger partial charge in [-0.3, -0.25) is 0 Å². The second kappa shape index (κ2) is 7.19. The molecule has 1 aromatic heterocycles. The van der Waals surface area contributed by atoms with Gasteiger partial charge in [0.05, 0.1) is 21.6 Å². The maximum absolute atomic E-state index is 14.0. The highest BCUT2D eigenvalue weighted by atomic mass is 32.1. The monoisotopic (exact) mass is 332 g/mol. The molecule has 0 unspecified atom stereocenters. The van der Waals surface area contributed by atoms with Gasteiger partial charge in [0, 0.05) is 11.6 Å². The van der Waals surface area contributed by atoms with Crippen LogP contribution in [0.5, 0.6) is 0 Å². The number of fused-ring (bicyclic) bond motifs is 1. The van der Waals surface area contributed by atoms with Gasteiger partial charge in [0.2, 0.25) is 0 Å². The minimum atomic E-state index is -1.07. The molecule has 0 aliphatic carbocycles. The van der Waals surface area contributed by atoms with Crippen molar-refractivity contribution in [3.8, 4) is 0 Å². The fourth-order valence-electron chi connectivity index (χ4n) is 2.09. The number of benzene rings is 2. The Bertz CT molecular complexity index is 846. The van der Waals surface area contributed by atoms with E-state index in [2.05, 4.69) is 9.69 Å². The van der Waals surface area contributed by atoms with Gasteiger partial charge in [0.1, 0.15) is 5.82 Å². The van der Waals surface area contributed by atoms with Crippen LogP contribution >= 0.6 is 11.5 Å². The number of aromatic carboxylic acids is 1. The maximum Gasteiger partial charge on any atom is 0.337 e. The van der Waals surface area contributed by atoms with Crippen LogP contribution in [-0.2, 0) is 0 Å².